The van der Waals surface area contributed by atoms with Crippen molar-refractivity contribution in [3.8, 4) is 6.07 Å². The molecule has 0 N–H and O–H groups in total. The Balaban J connectivity index is 1.70. The Morgan fingerprint density at radius 3 is 2.17 bits per heavy atom. The lowest BCUT2D eigenvalue weighted by molar-refractivity contribution is 0.384. The molecule has 1 aromatic carbocycles. The molecule has 7 nitrogen and oxygen atoms in total. The number of rotatable bonds is 3. The van der Waals surface area contributed by atoms with E-state index in [9.17, 15) is 12.8 Å². The Morgan fingerprint density at radius 1 is 1.04 bits per heavy atom. The number of aromatic nitrogens is 2. The molecule has 1 aliphatic heterocycles. The first-order valence-electron chi connectivity index (χ1n) is 7.23. The largest absolute Gasteiger partial charge is 0.366 e. The van der Waals surface area contributed by atoms with Gasteiger partial charge in [-0.25, -0.2) is 22.8 Å². The predicted octanol–water partition coefficient (Wildman–Crippen LogP) is 0.998. The fourth-order valence-electron chi connectivity index (χ4n) is 2.48. The molecule has 9 heteroatoms. The van der Waals surface area contributed by atoms with E-state index < -0.39 is 15.8 Å². The Bertz CT molecular complexity index is 854. The summed E-state index contributed by atoms with van der Waals surface area (Å²) in [5, 5.41) is 8.70. The summed E-state index contributed by atoms with van der Waals surface area (Å²) in [5.41, 5.74) is 0.743. The maximum atomic E-state index is 13.0. The molecular formula is C15H14FN5O2S. The third-order valence-electron chi connectivity index (χ3n) is 3.79. The van der Waals surface area contributed by atoms with Crippen molar-refractivity contribution in [2.45, 2.75) is 4.90 Å². The maximum Gasteiger partial charge on any atom is 0.243 e. The minimum Gasteiger partial charge on any atom is -0.366 e. The Hall–Kier alpha value is -2.57. The van der Waals surface area contributed by atoms with E-state index in [-0.39, 0.29) is 10.7 Å². The van der Waals surface area contributed by atoms with Crippen molar-refractivity contribution in [3.63, 3.8) is 0 Å². The quantitative estimate of drug-likeness (QED) is 0.823. The summed E-state index contributed by atoms with van der Waals surface area (Å²) in [6, 6.07) is 6.66. The van der Waals surface area contributed by atoms with Crippen molar-refractivity contribution in [1.29, 1.82) is 5.26 Å². The van der Waals surface area contributed by atoms with Gasteiger partial charge in [-0.3, -0.25) is 0 Å². The second-order valence-electron chi connectivity index (χ2n) is 5.22. The van der Waals surface area contributed by atoms with Gasteiger partial charge in [-0.1, -0.05) is 0 Å². The zero-order chi connectivity index (χ0) is 17.2. The van der Waals surface area contributed by atoms with Crippen LogP contribution in [-0.4, -0.2) is 48.9 Å². The van der Waals surface area contributed by atoms with Crippen LogP contribution in [0.15, 0.2) is 41.6 Å². The van der Waals surface area contributed by atoms with E-state index in [4.69, 9.17) is 5.26 Å². The second kappa shape index (κ2) is 6.51. The van der Waals surface area contributed by atoms with Gasteiger partial charge >= 0.3 is 0 Å². The number of anilines is 1. The number of piperazine rings is 1. The van der Waals surface area contributed by atoms with Crippen molar-refractivity contribution < 1.29 is 12.8 Å². The molecule has 0 amide bonds. The molecule has 0 spiro atoms. The van der Waals surface area contributed by atoms with Gasteiger partial charge in [-0.2, -0.15) is 9.57 Å². The predicted molar refractivity (Wildman–Crippen MR) is 84.1 cm³/mol. The van der Waals surface area contributed by atoms with Gasteiger partial charge in [-0.05, 0) is 24.3 Å². The van der Waals surface area contributed by atoms with Crippen molar-refractivity contribution in [2.75, 3.05) is 31.1 Å². The van der Waals surface area contributed by atoms with E-state index >= 15 is 0 Å². The van der Waals surface area contributed by atoms with Gasteiger partial charge in [0.05, 0.1) is 23.0 Å². The molecule has 0 bridgehead atoms. The molecule has 24 heavy (non-hydrogen) atoms. The Morgan fingerprint density at radius 2 is 1.62 bits per heavy atom. The normalized spacial score (nSPS) is 15.9. The van der Waals surface area contributed by atoms with E-state index in [1.807, 2.05) is 11.0 Å². The summed E-state index contributed by atoms with van der Waals surface area (Å²) in [5.74, 6) is -0.379. The molecule has 124 valence electrons. The molecule has 1 aromatic heterocycles. The van der Waals surface area contributed by atoms with Gasteiger partial charge in [0.1, 0.15) is 11.9 Å². The smallest absolute Gasteiger partial charge is 0.243 e. The highest BCUT2D eigenvalue weighted by molar-refractivity contribution is 7.89. The van der Waals surface area contributed by atoms with Gasteiger partial charge in [0.15, 0.2) is 0 Å². The van der Waals surface area contributed by atoms with Crippen LogP contribution < -0.4 is 4.90 Å². The summed E-state index contributed by atoms with van der Waals surface area (Å²) in [6.45, 7) is 1.57. The molecule has 0 aliphatic carbocycles. The average molecular weight is 347 g/mol. The first-order chi connectivity index (χ1) is 11.5. The Kier molecular flexibility index (Phi) is 4.42. The van der Waals surface area contributed by atoms with E-state index in [0.717, 1.165) is 17.8 Å². The molecule has 0 unspecified atom stereocenters. The molecule has 2 heterocycles. The van der Waals surface area contributed by atoms with Crippen LogP contribution in [0.5, 0.6) is 0 Å². The number of nitriles is 1. The van der Waals surface area contributed by atoms with Crippen LogP contribution in [0.1, 0.15) is 5.82 Å². The molecule has 0 saturated carbocycles. The standard InChI is InChI=1S/C15H14FN5O2S/c16-12-1-3-14(4-2-12)24(22,23)21-7-5-20(6-8-21)13-10-18-15(9-17)19-11-13/h1-4,10-11H,5-8H2. The van der Waals surface area contributed by atoms with Crippen LogP contribution in [0.3, 0.4) is 0 Å². The van der Waals surface area contributed by atoms with Crippen molar-refractivity contribution in [2.24, 2.45) is 0 Å². The minimum absolute atomic E-state index is 0.0825. The van der Waals surface area contributed by atoms with E-state index in [1.54, 1.807) is 12.4 Å². The van der Waals surface area contributed by atoms with Gasteiger partial charge in [0.25, 0.3) is 0 Å². The average Bonchev–Trinajstić information content (AvgIpc) is 2.62. The van der Waals surface area contributed by atoms with Crippen LogP contribution in [0, 0.1) is 17.1 Å². The lowest BCUT2D eigenvalue weighted by Crippen LogP contribution is -2.48. The van der Waals surface area contributed by atoms with Crippen molar-refractivity contribution >= 4 is 15.7 Å². The number of halogens is 1. The first kappa shape index (κ1) is 16.3. The molecular weight excluding hydrogens is 333 g/mol. The summed E-state index contributed by atoms with van der Waals surface area (Å²) in [7, 11) is -3.63. The molecule has 1 saturated heterocycles. The zero-order valence-corrected chi connectivity index (χ0v) is 13.4. The van der Waals surface area contributed by atoms with E-state index in [2.05, 4.69) is 9.97 Å². The SMILES string of the molecule is N#Cc1ncc(N2CCN(S(=O)(=O)c3ccc(F)cc3)CC2)cn1. The minimum atomic E-state index is -3.63. The van der Waals surface area contributed by atoms with Crippen LogP contribution in [0.25, 0.3) is 0 Å². The summed E-state index contributed by atoms with van der Waals surface area (Å²) in [6.07, 6.45) is 3.10. The van der Waals surface area contributed by atoms with Crippen LogP contribution in [-0.2, 0) is 10.0 Å². The van der Waals surface area contributed by atoms with Crippen LogP contribution >= 0.6 is 0 Å². The zero-order valence-electron chi connectivity index (χ0n) is 12.6. The van der Waals surface area contributed by atoms with Gasteiger partial charge in [0, 0.05) is 26.2 Å². The number of nitrogens with zero attached hydrogens (tertiary/aromatic N) is 5. The van der Waals surface area contributed by atoms with E-state index in [1.165, 1.54) is 16.4 Å². The van der Waals surface area contributed by atoms with Gasteiger partial charge in [0.2, 0.25) is 15.8 Å². The maximum absolute atomic E-state index is 13.0. The fourth-order valence-corrected chi connectivity index (χ4v) is 3.91. The van der Waals surface area contributed by atoms with Gasteiger partial charge in [-0.15, -0.1) is 0 Å². The lowest BCUT2D eigenvalue weighted by atomic mass is 10.3. The summed E-state index contributed by atoms with van der Waals surface area (Å²) < 4.78 is 39.4. The molecule has 0 radical (unpaired) electrons. The molecule has 3 rings (SSSR count). The van der Waals surface area contributed by atoms with Crippen molar-refractivity contribution in [1.82, 2.24) is 14.3 Å². The highest BCUT2D eigenvalue weighted by Gasteiger charge is 2.28. The third-order valence-corrected chi connectivity index (χ3v) is 5.71. The highest BCUT2D eigenvalue weighted by atomic mass is 32.2. The van der Waals surface area contributed by atoms with Crippen LogP contribution in [0.2, 0.25) is 0 Å². The topological polar surface area (TPSA) is 90.2 Å². The number of hydrogen-bond donors (Lipinski definition) is 0. The summed E-state index contributed by atoms with van der Waals surface area (Å²) in [4.78, 5) is 9.87. The second-order valence-corrected chi connectivity index (χ2v) is 7.16. The van der Waals surface area contributed by atoms with Crippen LogP contribution in [0.4, 0.5) is 10.1 Å². The Labute approximate surface area is 139 Å². The number of benzene rings is 1. The van der Waals surface area contributed by atoms with Crippen molar-refractivity contribution in [3.05, 3.63) is 48.3 Å². The lowest BCUT2D eigenvalue weighted by Gasteiger charge is -2.34. The number of hydrogen-bond acceptors (Lipinski definition) is 6. The molecule has 2 aromatic rings. The first-order valence-corrected chi connectivity index (χ1v) is 8.67. The molecule has 0 atom stereocenters. The molecule has 1 aliphatic rings. The van der Waals surface area contributed by atoms with E-state index in [0.29, 0.717) is 26.2 Å². The number of sulfonamides is 1. The monoisotopic (exact) mass is 347 g/mol. The molecule has 1 fully saturated rings. The van der Waals surface area contributed by atoms with Gasteiger partial charge < -0.3 is 4.90 Å². The fraction of sp³-hybridized carbons (Fsp3) is 0.267. The highest BCUT2D eigenvalue weighted by Crippen LogP contribution is 2.20. The third kappa shape index (κ3) is 3.20. The summed E-state index contributed by atoms with van der Waals surface area (Å²) >= 11 is 0.